The van der Waals surface area contributed by atoms with Gasteiger partial charge < -0.3 is 15.0 Å². The number of benzene rings is 2. The first-order valence-electron chi connectivity index (χ1n) is 9.63. The molecule has 6 nitrogen and oxygen atoms in total. The van der Waals surface area contributed by atoms with E-state index in [9.17, 15) is 9.59 Å². The van der Waals surface area contributed by atoms with Gasteiger partial charge in [0.2, 0.25) is 11.8 Å². The van der Waals surface area contributed by atoms with E-state index >= 15 is 0 Å². The highest BCUT2D eigenvalue weighted by molar-refractivity contribution is 6.30. The monoisotopic (exact) mass is 415 g/mol. The van der Waals surface area contributed by atoms with Gasteiger partial charge in [-0.05, 0) is 49.2 Å². The van der Waals surface area contributed by atoms with Gasteiger partial charge in [-0.1, -0.05) is 29.8 Å². The second-order valence-electron chi connectivity index (χ2n) is 7.21. The minimum Gasteiger partial charge on any atom is -0.497 e. The average Bonchev–Trinajstić information content (AvgIpc) is 3.16. The van der Waals surface area contributed by atoms with Gasteiger partial charge in [-0.15, -0.1) is 0 Å². The fourth-order valence-electron chi connectivity index (χ4n) is 3.61. The van der Waals surface area contributed by atoms with Gasteiger partial charge in [0.1, 0.15) is 5.75 Å². The van der Waals surface area contributed by atoms with Crippen molar-refractivity contribution in [2.45, 2.75) is 18.9 Å². The molecule has 2 amide bonds. The van der Waals surface area contributed by atoms with Crippen LogP contribution in [0, 0.1) is 0 Å². The Labute approximate surface area is 176 Å². The molecule has 2 aromatic carbocycles. The molecule has 0 aliphatic carbocycles. The maximum absolute atomic E-state index is 12.7. The number of carbonyl (C=O) groups excluding carboxylic acids is 2. The number of likely N-dealkylation sites (N-methyl/N-ethyl adjacent to an activating group) is 1. The zero-order chi connectivity index (χ0) is 20.8. The van der Waals surface area contributed by atoms with Crippen LogP contribution in [0.2, 0.25) is 5.02 Å². The summed E-state index contributed by atoms with van der Waals surface area (Å²) < 4.78 is 5.15. The normalized spacial score (nSPS) is 16.4. The van der Waals surface area contributed by atoms with E-state index < -0.39 is 0 Å². The van der Waals surface area contributed by atoms with Gasteiger partial charge in [-0.25, -0.2) is 0 Å². The van der Waals surface area contributed by atoms with Crippen LogP contribution >= 0.6 is 11.6 Å². The lowest BCUT2D eigenvalue weighted by molar-refractivity contribution is -0.134. The zero-order valence-corrected chi connectivity index (χ0v) is 17.5. The quantitative estimate of drug-likeness (QED) is 0.750. The van der Waals surface area contributed by atoms with Crippen LogP contribution in [0.4, 0.5) is 5.69 Å². The maximum atomic E-state index is 12.7. The summed E-state index contributed by atoms with van der Waals surface area (Å²) in [6, 6.07) is 15.1. The molecule has 2 aromatic rings. The van der Waals surface area contributed by atoms with E-state index in [1.807, 2.05) is 24.3 Å². The molecule has 0 saturated carbocycles. The first kappa shape index (κ1) is 21.1. The molecule has 29 heavy (non-hydrogen) atoms. The maximum Gasteiger partial charge on any atom is 0.243 e. The molecular formula is C22H26ClN3O3. The molecule has 1 aliphatic heterocycles. The van der Waals surface area contributed by atoms with Crippen molar-refractivity contribution in [1.29, 1.82) is 0 Å². The largest absolute Gasteiger partial charge is 0.497 e. The van der Waals surface area contributed by atoms with Crippen LogP contribution in [0.1, 0.15) is 24.4 Å². The van der Waals surface area contributed by atoms with Crippen LogP contribution in [0.5, 0.6) is 5.75 Å². The number of ether oxygens (including phenoxy) is 1. The Morgan fingerprint density at radius 2 is 2.03 bits per heavy atom. The molecule has 1 aliphatic rings. The van der Waals surface area contributed by atoms with Crippen molar-refractivity contribution in [1.82, 2.24) is 9.80 Å². The number of halogens is 1. The highest BCUT2D eigenvalue weighted by atomic mass is 35.5. The third-order valence-electron chi connectivity index (χ3n) is 5.10. The molecule has 1 heterocycles. The van der Waals surface area contributed by atoms with Gasteiger partial charge in [0, 0.05) is 29.9 Å². The molecule has 1 saturated heterocycles. The number of carbonyl (C=O) groups is 2. The van der Waals surface area contributed by atoms with Crippen molar-refractivity contribution in [2.75, 3.05) is 39.1 Å². The molecule has 7 heteroatoms. The first-order valence-corrected chi connectivity index (χ1v) is 10.0. The molecule has 1 unspecified atom stereocenters. The molecule has 1 fully saturated rings. The Hall–Kier alpha value is -2.57. The van der Waals surface area contributed by atoms with E-state index in [1.165, 1.54) is 4.90 Å². The Bertz CT molecular complexity index is 874. The number of nitrogens with one attached hydrogen (secondary N) is 1. The summed E-state index contributed by atoms with van der Waals surface area (Å²) in [7, 11) is 3.22. The smallest absolute Gasteiger partial charge is 0.243 e. The van der Waals surface area contributed by atoms with E-state index in [0.29, 0.717) is 16.5 Å². The van der Waals surface area contributed by atoms with E-state index in [0.717, 1.165) is 24.9 Å². The number of anilines is 1. The predicted octanol–water partition coefficient (Wildman–Crippen LogP) is 3.58. The summed E-state index contributed by atoms with van der Waals surface area (Å²) in [5.74, 6) is 0.329. The van der Waals surface area contributed by atoms with E-state index in [-0.39, 0.29) is 30.9 Å². The molecule has 0 spiro atoms. The van der Waals surface area contributed by atoms with Gasteiger partial charge in [-0.3, -0.25) is 14.5 Å². The third kappa shape index (κ3) is 5.71. The molecule has 1 N–H and O–H groups in total. The minimum absolute atomic E-state index is 0.00822. The van der Waals surface area contributed by atoms with Crippen molar-refractivity contribution in [3.05, 3.63) is 59.1 Å². The van der Waals surface area contributed by atoms with E-state index in [4.69, 9.17) is 16.3 Å². The van der Waals surface area contributed by atoms with Gasteiger partial charge in [-0.2, -0.15) is 0 Å². The lowest BCUT2D eigenvalue weighted by Crippen LogP contribution is -2.41. The molecule has 1 atom stereocenters. The van der Waals surface area contributed by atoms with Crippen molar-refractivity contribution >= 4 is 29.1 Å². The Morgan fingerprint density at radius 1 is 1.24 bits per heavy atom. The number of hydrogen-bond acceptors (Lipinski definition) is 4. The van der Waals surface area contributed by atoms with Gasteiger partial charge in [0.15, 0.2) is 0 Å². The molecule has 0 bridgehead atoms. The lowest BCUT2D eigenvalue weighted by Gasteiger charge is -2.26. The summed E-state index contributed by atoms with van der Waals surface area (Å²) >= 11 is 6.12. The SMILES string of the molecule is COc1cccc(NC(=O)CN(C)C(=O)CN2CCCC2c2cccc(Cl)c2)c1. The van der Waals surface area contributed by atoms with Gasteiger partial charge in [0.05, 0.1) is 20.2 Å². The Morgan fingerprint density at radius 3 is 2.79 bits per heavy atom. The second-order valence-corrected chi connectivity index (χ2v) is 7.65. The van der Waals surface area contributed by atoms with Crippen LogP contribution in [0.3, 0.4) is 0 Å². The highest BCUT2D eigenvalue weighted by Gasteiger charge is 2.28. The van der Waals surface area contributed by atoms with Crippen LogP contribution in [-0.4, -0.2) is 55.4 Å². The van der Waals surface area contributed by atoms with E-state index in [2.05, 4.69) is 10.2 Å². The van der Waals surface area contributed by atoms with Crippen molar-refractivity contribution in [2.24, 2.45) is 0 Å². The summed E-state index contributed by atoms with van der Waals surface area (Å²) in [6.07, 6.45) is 2.03. The zero-order valence-electron chi connectivity index (χ0n) is 16.7. The number of rotatable bonds is 7. The van der Waals surface area contributed by atoms with Crippen LogP contribution in [0.15, 0.2) is 48.5 Å². The van der Waals surface area contributed by atoms with Gasteiger partial charge in [0.25, 0.3) is 0 Å². The fraction of sp³-hybridized carbons (Fsp3) is 0.364. The second kappa shape index (κ2) is 9.76. The van der Waals surface area contributed by atoms with Crippen LogP contribution in [-0.2, 0) is 9.59 Å². The minimum atomic E-state index is -0.248. The molecule has 0 aromatic heterocycles. The van der Waals surface area contributed by atoms with Crippen molar-refractivity contribution < 1.29 is 14.3 Å². The molecule has 3 rings (SSSR count). The van der Waals surface area contributed by atoms with E-state index in [1.54, 1.807) is 38.4 Å². The molecular weight excluding hydrogens is 390 g/mol. The highest BCUT2D eigenvalue weighted by Crippen LogP contribution is 2.32. The fourth-order valence-corrected chi connectivity index (χ4v) is 3.80. The van der Waals surface area contributed by atoms with Crippen LogP contribution < -0.4 is 10.1 Å². The molecule has 154 valence electrons. The average molecular weight is 416 g/mol. The Kier molecular flexibility index (Phi) is 7.12. The number of likely N-dealkylation sites (tertiary alicyclic amines) is 1. The van der Waals surface area contributed by atoms with Gasteiger partial charge >= 0.3 is 0 Å². The lowest BCUT2D eigenvalue weighted by atomic mass is 10.0. The number of methoxy groups -OCH3 is 1. The van der Waals surface area contributed by atoms with Crippen molar-refractivity contribution in [3.63, 3.8) is 0 Å². The molecule has 0 radical (unpaired) electrons. The summed E-state index contributed by atoms with van der Waals surface area (Å²) in [6.45, 7) is 1.12. The summed E-state index contributed by atoms with van der Waals surface area (Å²) in [4.78, 5) is 28.6. The Balaban J connectivity index is 1.54. The standard InChI is InChI=1S/C22H26ClN3O3/c1-25(14-21(27)24-18-8-4-9-19(13-18)29-2)22(28)15-26-11-5-10-20(26)16-6-3-7-17(23)12-16/h3-4,6-9,12-13,20H,5,10-11,14-15H2,1-2H3,(H,24,27). The third-order valence-corrected chi connectivity index (χ3v) is 5.33. The topological polar surface area (TPSA) is 61.9 Å². The summed E-state index contributed by atoms with van der Waals surface area (Å²) in [5.41, 5.74) is 1.76. The van der Waals surface area contributed by atoms with Crippen LogP contribution in [0.25, 0.3) is 0 Å². The first-order chi connectivity index (χ1) is 14.0. The number of hydrogen-bond donors (Lipinski definition) is 1. The number of amides is 2. The summed E-state index contributed by atoms with van der Waals surface area (Å²) in [5, 5.41) is 3.50. The number of nitrogens with zero attached hydrogens (tertiary/aromatic N) is 2. The van der Waals surface area contributed by atoms with Crippen molar-refractivity contribution in [3.8, 4) is 5.75 Å². The predicted molar refractivity (Wildman–Crippen MR) is 114 cm³/mol.